The molecule has 5 N–H and O–H groups in total. The third-order valence-electron chi connectivity index (χ3n) is 2.12. The molecule has 0 aliphatic rings. The van der Waals surface area contributed by atoms with Crippen LogP contribution in [0.1, 0.15) is 19.5 Å². The number of hydrazine groups is 1. The minimum Gasteiger partial charge on any atom is -0.361 e. The minimum atomic E-state index is -0.0674. The molecule has 1 aromatic rings. The molecule has 1 heterocycles. The summed E-state index contributed by atoms with van der Waals surface area (Å²) >= 11 is 0. The van der Waals surface area contributed by atoms with E-state index in [0.717, 1.165) is 5.69 Å². The highest BCUT2D eigenvalue weighted by atomic mass is 16.1. The van der Waals surface area contributed by atoms with Gasteiger partial charge in [0.25, 0.3) is 0 Å². The highest BCUT2D eigenvalue weighted by molar-refractivity contribution is 5.80. The summed E-state index contributed by atoms with van der Waals surface area (Å²) in [7, 11) is 0. The van der Waals surface area contributed by atoms with E-state index >= 15 is 0 Å². The van der Waals surface area contributed by atoms with Crippen LogP contribution in [0.2, 0.25) is 0 Å². The van der Waals surface area contributed by atoms with Gasteiger partial charge in [0.05, 0.1) is 6.54 Å². The number of amides is 1. The monoisotopic (exact) mass is 252 g/mol. The Kier molecular flexibility index (Phi) is 5.31. The fraction of sp³-hybridized carbons (Fsp3) is 0.545. The van der Waals surface area contributed by atoms with Crippen molar-refractivity contribution in [2.75, 3.05) is 23.8 Å². The number of aromatic nitrogens is 2. The third-order valence-corrected chi connectivity index (χ3v) is 2.12. The standard InChI is InChI=1S/C11H20N6O/c1-7(2)5-14-10(18)6-13-9-4-8(3)15-11(16-9)17-12/h4,7H,5-6,12H2,1-3H3,(H,14,18)(H2,13,15,16,17). The lowest BCUT2D eigenvalue weighted by Crippen LogP contribution is -2.32. The number of nitrogens with one attached hydrogen (secondary N) is 3. The molecule has 1 rings (SSSR count). The summed E-state index contributed by atoms with van der Waals surface area (Å²) in [5, 5.41) is 5.74. The molecule has 0 atom stereocenters. The summed E-state index contributed by atoms with van der Waals surface area (Å²) in [5.74, 6) is 6.49. The Labute approximate surface area is 107 Å². The Morgan fingerprint density at radius 3 is 2.78 bits per heavy atom. The third kappa shape index (κ3) is 4.96. The first-order chi connectivity index (χ1) is 8.51. The van der Waals surface area contributed by atoms with E-state index in [0.29, 0.717) is 24.2 Å². The number of nitrogens with two attached hydrogens (primary N) is 1. The number of rotatable bonds is 6. The number of carbonyl (C=O) groups excluding carboxylic acids is 1. The van der Waals surface area contributed by atoms with Gasteiger partial charge in [-0.15, -0.1) is 0 Å². The van der Waals surface area contributed by atoms with Crippen LogP contribution in [0.4, 0.5) is 11.8 Å². The average Bonchev–Trinajstić information content (AvgIpc) is 2.33. The Morgan fingerprint density at radius 1 is 1.44 bits per heavy atom. The van der Waals surface area contributed by atoms with E-state index in [9.17, 15) is 4.79 Å². The highest BCUT2D eigenvalue weighted by Gasteiger charge is 2.04. The lowest BCUT2D eigenvalue weighted by molar-refractivity contribution is -0.119. The molecular weight excluding hydrogens is 232 g/mol. The second-order valence-corrected chi connectivity index (χ2v) is 4.41. The molecule has 7 heteroatoms. The quantitative estimate of drug-likeness (QED) is 0.427. The van der Waals surface area contributed by atoms with Gasteiger partial charge >= 0.3 is 0 Å². The maximum absolute atomic E-state index is 11.5. The summed E-state index contributed by atoms with van der Waals surface area (Å²) in [4.78, 5) is 19.6. The van der Waals surface area contributed by atoms with Gasteiger partial charge < -0.3 is 10.6 Å². The summed E-state index contributed by atoms with van der Waals surface area (Å²) in [6.45, 7) is 6.75. The van der Waals surface area contributed by atoms with Gasteiger partial charge in [-0.25, -0.2) is 10.8 Å². The minimum absolute atomic E-state index is 0.0674. The maximum atomic E-state index is 11.5. The fourth-order valence-corrected chi connectivity index (χ4v) is 1.27. The van der Waals surface area contributed by atoms with Crippen LogP contribution in [0.3, 0.4) is 0 Å². The predicted molar refractivity (Wildman–Crippen MR) is 70.9 cm³/mol. The molecule has 0 fully saturated rings. The topological polar surface area (TPSA) is 105 Å². The number of hydrogen-bond acceptors (Lipinski definition) is 6. The normalized spacial score (nSPS) is 10.3. The van der Waals surface area contributed by atoms with E-state index in [2.05, 4.69) is 26.0 Å². The maximum Gasteiger partial charge on any atom is 0.239 e. The van der Waals surface area contributed by atoms with Crippen molar-refractivity contribution in [2.45, 2.75) is 20.8 Å². The SMILES string of the molecule is Cc1cc(NCC(=O)NCC(C)C)nc(NN)n1. The number of anilines is 2. The van der Waals surface area contributed by atoms with E-state index in [1.807, 2.05) is 20.8 Å². The molecule has 0 aliphatic carbocycles. The molecule has 100 valence electrons. The van der Waals surface area contributed by atoms with Crippen LogP contribution in [0.25, 0.3) is 0 Å². The van der Waals surface area contributed by atoms with Crippen LogP contribution < -0.4 is 21.9 Å². The van der Waals surface area contributed by atoms with Crippen LogP contribution in [-0.4, -0.2) is 29.0 Å². The van der Waals surface area contributed by atoms with Crippen LogP contribution in [0.5, 0.6) is 0 Å². The molecule has 1 amide bonds. The molecule has 0 aliphatic heterocycles. The molecule has 0 saturated heterocycles. The second kappa shape index (κ2) is 6.75. The fourth-order valence-electron chi connectivity index (χ4n) is 1.27. The molecule has 0 spiro atoms. The first-order valence-corrected chi connectivity index (χ1v) is 5.84. The first kappa shape index (κ1) is 14.2. The molecule has 1 aromatic heterocycles. The summed E-state index contributed by atoms with van der Waals surface area (Å²) < 4.78 is 0. The van der Waals surface area contributed by atoms with Gasteiger partial charge in [0.2, 0.25) is 11.9 Å². The van der Waals surface area contributed by atoms with Crippen molar-refractivity contribution in [2.24, 2.45) is 11.8 Å². The van der Waals surface area contributed by atoms with E-state index in [-0.39, 0.29) is 12.5 Å². The van der Waals surface area contributed by atoms with Crippen LogP contribution in [-0.2, 0) is 4.79 Å². The van der Waals surface area contributed by atoms with Crippen molar-refractivity contribution in [3.8, 4) is 0 Å². The number of nitrogens with zero attached hydrogens (tertiary/aromatic N) is 2. The Morgan fingerprint density at radius 2 is 2.17 bits per heavy atom. The van der Waals surface area contributed by atoms with Crippen molar-refractivity contribution in [3.05, 3.63) is 11.8 Å². The van der Waals surface area contributed by atoms with E-state index < -0.39 is 0 Å². The molecule has 0 bridgehead atoms. The van der Waals surface area contributed by atoms with E-state index in [1.54, 1.807) is 6.07 Å². The van der Waals surface area contributed by atoms with Gasteiger partial charge in [-0.2, -0.15) is 4.98 Å². The smallest absolute Gasteiger partial charge is 0.239 e. The van der Waals surface area contributed by atoms with Crippen molar-refractivity contribution in [1.82, 2.24) is 15.3 Å². The lowest BCUT2D eigenvalue weighted by atomic mass is 10.2. The molecule has 0 radical (unpaired) electrons. The van der Waals surface area contributed by atoms with Crippen LogP contribution >= 0.6 is 0 Å². The zero-order valence-electron chi connectivity index (χ0n) is 10.9. The van der Waals surface area contributed by atoms with Crippen LogP contribution in [0.15, 0.2) is 6.07 Å². The molecule has 0 saturated carbocycles. The molecule has 0 unspecified atom stereocenters. The second-order valence-electron chi connectivity index (χ2n) is 4.41. The van der Waals surface area contributed by atoms with Crippen LogP contribution in [0, 0.1) is 12.8 Å². The molecule has 7 nitrogen and oxygen atoms in total. The van der Waals surface area contributed by atoms with Gasteiger partial charge in [-0.3, -0.25) is 10.2 Å². The Bertz CT molecular complexity index is 407. The summed E-state index contributed by atoms with van der Waals surface area (Å²) in [5.41, 5.74) is 3.14. The number of hydrogen-bond donors (Lipinski definition) is 4. The Hall–Kier alpha value is -1.89. The van der Waals surface area contributed by atoms with Gasteiger partial charge in [-0.1, -0.05) is 13.8 Å². The average molecular weight is 252 g/mol. The molecular formula is C11H20N6O. The van der Waals surface area contributed by atoms with Gasteiger partial charge in [-0.05, 0) is 12.8 Å². The van der Waals surface area contributed by atoms with E-state index in [1.165, 1.54) is 0 Å². The van der Waals surface area contributed by atoms with Gasteiger partial charge in [0.1, 0.15) is 5.82 Å². The molecule has 0 aromatic carbocycles. The highest BCUT2D eigenvalue weighted by Crippen LogP contribution is 2.07. The summed E-state index contributed by atoms with van der Waals surface area (Å²) in [6, 6.07) is 1.75. The van der Waals surface area contributed by atoms with Crippen molar-refractivity contribution < 1.29 is 4.79 Å². The van der Waals surface area contributed by atoms with Crippen molar-refractivity contribution in [3.63, 3.8) is 0 Å². The van der Waals surface area contributed by atoms with Gasteiger partial charge in [0.15, 0.2) is 0 Å². The number of carbonyl (C=O) groups is 1. The van der Waals surface area contributed by atoms with Crippen molar-refractivity contribution >= 4 is 17.7 Å². The predicted octanol–water partition coefficient (Wildman–Crippen LogP) is 0.255. The molecule has 18 heavy (non-hydrogen) atoms. The van der Waals surface area contributed by atoms with Gasteiger partial charge in [0, 0.05) is 18.3 Å². The summed E-state index contributed by atoms with van der Waals surface area (Å²) in [6.07, 6.45) is 0. The largest absolute Gasteiger partial charge is 0.361 e. The number of aryl methyl sites for hydroxylation is 1. The number of nitrogen functional groups attached to an aromatic ring is 1. The van der Waals surface area contributed by atoms with Crippen molar-refractivity contribution in [1.29, 1.82) is 0 Å². The lowest BCUT2D eigenvalue weighted by Gasteiger charge is -2.10. The zero-order chi connectivity index (χ0) is 13.5. The van der Waals surface area contributed by atoms with E-state index in [4.69, 9.17) is 5.84 Å². The first-order valence-electron chi connectivity index (χ1n) is 5.84. The Balaban J connectivity index is 2.47. The zero-order valence-corrected chi connectivity index (χ0v) is 10.9.